The predicted octanol–water partition coefficient (Wildman–Crippen LogP) is 1.59. The van der Waals surface area contributed by atoms with E-state index < -0.39 is 0 Å². The molecule has 0 spiro atoms. The summed E-state index contributed by atoms with van der Waals surface area (Å²) in [6.45, 7) is 2.48. The zero-order valence-corrected chi connectivity index (χ0v) is 14.2. The number of hydrogen-bond acceptors (Lipinski definition) is 4. The maximum absolute atomic E-state index is 12.1. The number of carbonyl (C=O) groups is 3. The van der Waals surface area contributed by atoms with Gasteiger partial charge in [-0.05, 0) is 31.2 Å². The van der Waals surface area contributed by atoms with Crippen LogP contribution in [0.2, 0.25) is 0 Å². The summed E-state index contributed by atoms with van der Waals surface area (Å²) in [5.74, 6) is 0.231. The molecule has 0 aliphatic carbocycles. The highest BCUT2D eigenvalue weighted by Gasteiger charge is 2.16. The minimum Gasteiger partial charge on any atom is -0.494 e. The lowest BCUT2D eigenvalue weighted by Gasteiger charge is -2.19. The van der Waals surface area contributed by atoms with Crippen LogP contribution in [0.25, 0.3) is 0 Å². The van der Waals surface area contributed by atoms with Gasteiger partial charge in [-0.25, -0.2) is 0 Å². The van der Waals surface area contributed by atoms with Gasteiger partial charge in [0.25, 0.3) is 0 Å². The van der Waals surface area contributed by atoms with Crippen molar-refractivity contribution < 1.29 is 19.1 Å². The summed E-state index contributed by atoms with van der Waals surface area (Å²) >= 11 is 0. The van der Waals surface area contributed by atoms with Crippen molar-refractivity contribution in [3.63, 3.8) is 0 Å². The molecule has 23 heavy (non-hydrogen) atoms. The number of likely N-dealkylation sites (N-methyl/N-ethyl adjacent to an activating group) is 2. The van der Waals surface area contributed by atoms with Crippen LogP contribution in [0.5, 0.6) is 5.75 Å². The molecule has 0 saturated carbocycles. The number of Topliss-reactive ketones (excluding diaryl/α,β-unsaturated/α-hetero) is 1. The topological polar surface area (TPSA) is 66.9 Å². The smallest absolute Gasteiger partial charge is 0.241 e. The lowest BCUT2D eigenvalue weighted by molar-refractivity contribution is -0.137. The van der Waals surface area contributed by atoms with Crippen molar-refractivity contribution >= 4 is 17.6 Å². The SMILES string of the molecule is CCOc1ccc(C(=O)CCC(=O)N(C)CC(=O)N(C)C)cc1. The quantitative estimate of drug-likeness (QED) is 0.682. The third kappa shape index (κ3) is 6.10. The zero-order valence-electron chi connectivity index (χ0n) is 14.2. The van der Waals surface area contributed by atoms with Gasteiger partial charge in [0, 0.05) is 39.5 Å². The van der Waals surface area contributed by atoms with Crippen LogP contribution in [-0.4, -0.2) is 61.7 Å². The highest BCUT2D eigenvalue weighted by atomic mass is 16.5. The molecule has 6 nitrogen and oxygen atoms in total. The van der Waals surface area contributed by atoms with E-state index in [9.17, 15) is 14.4 Å². The summed E-state index contributed by atoms with van der Waals surface area (Å²) in [4.78, 5) is 38.4. The summed E-state index contributed by atoms with van der Waals surface area (Å²) in [7, 11) is 4.83. The first-order valence-corrected chi connectivity index (χ1v) is 7.55. The molecule has 2 amide bonds. The number of amides is 2. The first-order valence-electron chi connectivity index (χ1n) is 7.55. The number of ether oxygens (including phenoxy) is 1. The van der Waals surface area contributed by atoms with E-state index in [2.05, 4.69) is 0 Å². The van der Waals surface area contributed by atoms with Gasteiger partial charge in [-0.3, -0.25) is 14.4 Å². The van der Waals surface area contributed by atoms with Crippen LogP contribution in [0.15, 0.2) is 24.3 Å². The fourth-order valence-electron chi connectivity index (χ4n) is 1.89. The summed E-state index contributed by atoms with van der Waals surface area (Å²) in [6, 6.07) is 6.86. The van der Waals surface area contributed by atoms with Crippen LogP contribution in [-0.2, 0) is 9.59 Å². The third-order valence-corrected chi connectivity index (χ3v) is 3.35. The van der Waals surface area contributed by atoms with Crippen LogP contribution in [0.4, 0.5) is 0 Å². The molecule has 1 rings (SSSR count). The maximum Gasteiger partial charge on any atom is 0.241 e. The normalized spacial score (nSPS) is 10.1. The number of ketones is 1. The highest BCUT2D eigenvalue weighted by molar-refractivity contribution is 5.98. The Labute approximate surface area is 137 Å². The van der Waals surface area contributed by atoms with Crippen LogP contribution in [0.1, 0.15) is 30.1 Å². The molecular weight excluding hydrogens is 296 g/mol. The van der Waals surface area contributed by atoms with E-state index in [1.807, 2.05) is 6.92 Å². The summed E-state index contributed by atoms with van der Waals surface area (Å²) in [5.41, 5.74) is 0.549. The molecule has 0 heterocycles. The van der Waals surface area contributed by atoms with Crippen LogP contribution in [0.3, 0.4) is 0 Å². The molecule has 0 aliphatic heterocycles. The Kier molecular flexibility index (Phi) is 7.25. The van der Waals surface area contributed by atoms with Crippen molar-refractivity contribution in [1.82, 2.24) is 9.80 Å². The molecule has 0 N–H and O–H groups in total. The number of rotatable bonds is 8. The van der Waals surface area contributed by atoms with Gasteiger partial charge in [0.15, 0.2) is 5.78 Å². The van der Waals surface area contributed by atoms with Crippen LogP contribution >= 0.6 is 0 Å². The molecule has 1 aromatic rings. The zero-order chi connectivity index (χ0) is 17.4. The summed E-state index contributed by atoms with van der Waals surface area (Å²) in [5, 5.41) is 0. The van der Waals surface area contributed by atoms with Crippen molar-refractivity contribution in [3.8, 4) is 5.75 Å². The van der Waals surface area contributed by atoms with E-state index in [0.29, 0.717) is 17.9 Å². The Balaban J connectivity index is 2.48. The summed E-state index contributed by atoms with van der Waals surface area (Å²) in [6.07, 6.45) is 0.205. The molecule has 0 bridgehead atoms. The van der Waals surface area contributed by atoms with Gasteiger partial charge < -0.3 is 14.5 Å². The Morgan fingerprint density at radius 3 is 2.09 bits per heavy atom. The van der Waals surface area contributed by atoms with E-state index in [1.54, 1.807) is 45.4 Å². The second-order valence-electron chi connectivity index (χ2n) is 5.42. The number of benzene rings is 1. The lowest BCUT2D eigenvalue weighted by atomic mass is 10.1. The minimum absolute atomic E-state index is 0.0169. The molecule has 6 heteroatoms. The number of hydrogen-bond donors (Lipinski definition) is 0. The summed E-state index contributed by atoms with van der Waals surface area (Å²) < 4.78 is 5.32. The van der Waals surface area contributed by atoms with Gasteiger partial charge in [-0.15, -0.1) is 0 Å². The van der Waals surface area contributed by atoms with E-state index in [4.69, 9.17) is 4.74 Å². The third-order valence-electron chi connectivity index (χ3n) is 3.35. The predicted molar refractivity (Wildman–Crippen MR) is 87.5 cm³/mol. The Bertz CT molecular complexity index is 552. The molecule has 1 aromatic carbocycles. The Morgan fingerprint density at radius 2 is 1.57 bits per heavy atom. The van der Waals surface area contributed by atoms with Gasteiger partial charge in [-0.2, -0.15) is 0 Å². The standard InChI is InChI=1S/C17H24N2O4/c1-5-23-14-8-6-13(7-9-14)15(20)10-11-16(21)19(4)12-17(22)18(2)3/h6-9H,5,10-12H2,1-4H3. The monoisotopic (exact) mass is 320 g/mol. The van der Waals surface area contributed by atoms with Gasteiger partial charge in [0.2, 0.25) is 11.8 Å². The molecule has 0 atom stereocenters. The van der Waals surface area contributed by atoms with Crippen molar-refractivity contribution in [1.29, 1.82) is 0 Å². The van der Waals surface area contributed by atoms with E-state index in [0.717, 1.165) is 0 Å². The first-order chi connectivity index (χ1) is 10.8. The van der Waals surface area contributed by atoms with Gasteiger partial charge in [-0.1, -0.05) is 0 Å². The van der Waals surface area contributed by atoms with Crippen molar-refractivity contribution in [2.45, 2.75) is 19.8 Å². The lowest BCUT2D eigenvalue weighted by Crippen LogP contribution is -2.37. The van der Waals surface area contributed by atoms with Crippen LogP contribution in [0, 0.1) is 0 Å². The Hall–Kier alpha value is -2.37. The minimum atomic E-state index is -0.223. The van der Waals surface area contributed by atoms with Gasteiger partial charge >= 0.3 is 0 Å². The van der Waals surface area contributed by atoms with E-state index in [1.165, 1.54) is 9.80 Å². The molecule has 0 fully saturated rings. The van der Waals surface area contributed by atoms with Gasteiger partial charge in [0.1, 0.15) is 5.75 Å². The Morgan fingerprint density at radius 1 is 0.957 bits per heavy atom. The average Bonchev–Trinajstić information content (AvgIpc) is 2.53. The second kappa shape index (κ2) is 8.92. The van der Waals surface area contributed by atoms with E-state index in [-0.39, 0.29) is 37.0 Å². The highest BCUT2D eigenvalue weighted by Crippen LogP contribution is 2.14. The fourth-order valence-corrected chi connectivity index (χ4v) is 1.89. The second-order valence-corrected chi connectivity index (χ2v) is 5.42. The molecule has 0 unspecified atom stereocenters. The van der Waals surface area contributed by atoms with Gasteiger partial charge in [0.05, 0.1) is 13.2 Å². The number of carbonyl (C=O) groups excluding carboxylic acids is 3. The first kappa shape index (κ1) is 18.7. The molecule has 126 valence electrons. The molecule has 0 aliphatic rings. The van der Waals surface area contributed by atoms with Crippen molar-refractivity contribution in [2.75, 3.05) is 34.3 Å². The molecule has 0 radical (unpaired) electrons. The largest absolute Gasteiger partial charge is 0.494 e. The van der Waals surface area contributed by atoms with Crippen molar-refractivity contribution in [2.24, 2.45) is 0 Å². The van der Waals surface area contributed by atoms with E-state index >= 15 is 0 Å². The van der Waals surface area contributed by atoms with Crippen molar-refractivity contribution in [3.05, 3.63) is 29.8 Å². The molecule has 0 saturated heterocycles. The fraction of sp³-hybridized carbons (Fsp3) is 0.471. The molecular formula is C17H24N2O4. The number of nitrogens with zero attached hydrogens (tertiary/aromatic N) is 2. The van der Waals surface area contributed by atoms with Crippen LogP contribution < -0.4 is 4.74 Å². The molecule has 0 aromatic heterocycles. The maximum atomic E-state index is 12.1. The average molecular weight is 320 g/mol.